The molecule has 1 aliphatic heterocycles. The van der Waals surface area contributed by atoms with Gasteiger partial charge in [0.15, 0.2) is 11.6 Å². The van der Waals surface area contributed by atoms with E-state index >= 15 is 0 Å². The van der Waals surface area contributed by atoms with Crippen LogP contribution < -0.4 is 0 Å². The summed E-state index contributed by atoms with van der Waals surface area (Å²) in [5.41, 5.74) is 0.168. The van der Waals surface area contributed by atoms with Crippen LogP contribution in [0.1, 0.15) is 11.6 Å². The van der Waals surface area contributed by atoms with E-state index in [2.05, 4.69) is 10.3 Å². The average molecular weight is 341 g/mol. The van der Waals surface area contributed by atoms with Crippen LogP contribution in [-0.2, 0) is 4.74 Å². The first-order valence-electron chi connectivity index (χ1n) is 7.39. The number of halogens is 2. The zero-order chi connectivity index (χ0) is 17.4. The standard InChI is InChI=1S/C15H17F2N3O4/c1-7-2-3-8(13(17)12(7)16)9-4-20(19-18-9)14-10(22)6-24-11(5-21)15(14)23/h2-4,10-11,14-15,21-23H,5-6H2,1H3. The summed E-state index contributed by atoms with van der Waals surface area (Å²) in [6.07, 6.45) is -1.88. The Morgan fingerprint density at radius 3 is 2.75 bits per heavy atom. The lowest BCUT2D eigenvalue weighted by Crippen LogP contribution is -2.51. The Morgan fingerprint density at radius 2 is 2.04 bits per heavy atom. The summed E-state index contributed by atoms with van der Waals surface area (Å²) in [5, 5.41) is 37.0. The van der Waals surface area contributed by atoms with Gasteiger partial charge in [0.1, 0.15) is 30.0 Å². The van der Waals surface area contributed by atoms with Crippen LogP contribution in [0.3, 0.4) is 0 Å². The van der Waals surface area contributed by atoms with E-state index in [4.69, 9.17) is 4.74 Å². The molecule has 0 spiro atoms. The first-order chi connectivity index (χ1) is 11.4. The van der Waals surface area contributed by atoms with Crippen LogP contribution in [0.15, 0.2) is 18.3 Å². The topological polar surface area (TPSA) is 101 Å². The summed E-state index contributed by atoms with van der Waals surface area (Å²) >= 11 is 0. The number of aryl methyl sites for hydroxylation is 1. The highest BCUT2D eigenvalue weighted by molar-refractivity contribution is 5.59. The number of nitrogens with zero attached hydrogens (tertiary/aromatic N) is 3. The molecule has 2 heterocycles. The molecule has 2 aromatic rings. The van der Waals surface area contributed by atoms with Gasteiger partial charge < -0.3 is 20.1 Å². The molecule has 0 amide bonds. The summed E-state index contributed by atoms with van der Waals surface area (Å²) in [5.74, 6) is -2.00. The van der Waals surface area contributed by atoms with Crippen molar-refractivity contribution >= 4 is 0 Å². The number of ether oxygens (including phenoxy) is 1. The van der Waals surface area contributed by atoms with Gasteiger partial charge in [-0.1, -0.05) is 11.3 Å². The van der Waals surface area contributed by atoms with E-state index in [1.165, 1.54) is 29.9 Å². The molecule has 3 rings (SSSR count). The van der Waals surface area contributed by atoms with Crippen LogP contribution in [-0.4, -0.2) is 61.8 Å². The van der Waals surface area contributed by atoms with Crippen molar-refractivity contribution in [1.29, 1.82) is 0 Å². The molecule has 1 aliphatic rings. The molecule has 0 saturated carbocycles. The number of benzene rings is 1. The monoisotopic (exact) mass is 341 g/mol. The van der Waals surface area contributed by atoms with Gasteiger partial charge in [-0.05, 0) is 18.6 Å². The van der Waals surface area contributed by atoms with Crippen LogP contribution in [0.5, 0.6) is 0 Å². The number of aromatic nitrogens is 3. The van der Waals surface area contributed by atoms with Crippen molar-refractivity contribution in [3.8, 4) is 11.3 Å². The van der Waals surface area contributed by atoms with Crippen molar-refractivity contribution in [3.05, 3.63) is 35.5 Å². The third-order valence-corrected chi connectivity index (χ3v) is 4.15. The number of hydrogen-bond acceptors (Lipinski definition) is 6. The highest BCUT2D eigenvalue weighted by Gasteiger charge is 2.40. The zero-order valence-corrected chi connectivity index (χ0v) is 12.8. The van der Waals surface area contributed by atoms with Crippen LogP contribution >= 0.6 is 0 Å². The van der Waals surface area contributed by atoms with Crippen molar-refractivity contribution in [1.82, 2.24) is 15.0 Å². The molecule has 0 radical (unpaired) electrons. The largest absolute Gasteiger partial charge is 0.394 e. The van der Waals surface area contributed by atoms with E-state index < -0.39 is 42.6 Å². The highest BCUT2D eigenvalue weighted by atomic mass is 19.2. The van der Waals surface area contributed by atoms with E-state index in [0.29, 0.717) is 0 Å². The average Bonchev–Trinajstić information content (AvgIpc) is 3.02. The molecule has 1 fully saturated rings. The van der Waals surface area contributed by atoms with Crippen LogP contribution in [0.4, 0.5) is 8.78 Å². The molecule has 24 heavy (non-hydrogen) atoms. The molecule has 1 aromatic carbocycles. The SMILES string of the molecule is Cc1ccc(-c2cn(C3C(O)COC(CO)C3O)nn2)c(F)c1F. The Bertz CT molecular complexity index is 740. The number of hydrogen-bond donors (Lipinski definition) is 3. The third-order valence-electron chi connectivity index (χ3n) is 4.15. The number of rotatable bonds is 3. The maximum absolute atomic E-state index is 14.1. The van der Waals surface area contributed by atoms with Crippen LogP contribution in [0, 0.1) is 18.6 Å². The molecule has 4 atom stereocenters. The molecule has 7 nitrogen and oxygen atoms in total. The quantitative estimate of drug-likeness (QED) is 0.737. The lowest BCUT2D eigenvalue weighted by atomic mass is 9.97. The molecule has 1 aromatic heterocycles. The van der Waals surface area contributed by atoms with Gasteiger partial charge in [0.2, 0.25) is 0 Å². The second-order valence-electron chi connectivity index (χ2n) is 5.74. The van der Waals surface area contributed by atoms with E-state index in [-0.39, 0.29) is 23.4 Å². The summed E-state index contributed by atoms with van der Waals surface area (Å²) < 4.78 is 34.1. The van der Waals surface area contributed by atoms with Crippen LogP contribution in [0.2, 0.25) is 0 Å². The van der Waals surface area contributed by atoms with E-state index in [1.54, 1.807) is 0 Å². The second-order valence-corrected chi connectivity index (χ2v) is 5.74. The Morgan fingerprint density at radius 1 is 1.29 bits per heavy atom. The van der Waals surface area contributed by atoms with Crippen molar-refractivity contribution in [2.75, 3.05) is 13.2 Å². The van der Waals surface area contributed by atoms with Gasteiger partial charge >= 0.3 is 0 Å². The fraction of sp³-hybridized carbons (Fsp3) is 0.467. The Balaban J connectivity index is 1.94. The Labute approximate surface area is 136 Å². The molecule has 4 unspecified atom stereocenters. The predicted molar refractivity (Wildman–Crippen MR) is 78.0 cm³/mol. The van der Waals surface area contributed by atoms with Crippen molar-refractivity contribution in [3.63, 3.8) is 0 Å². The smallest absolute Gasteiger partial charge is 0.168 e. The van der Waals surface area contributed by atoms with Gasteiger partial charge in [0, 0.05) is 5.56 Å². The lowest BCUT2D eigenvalue weighted by Gasteiger charge is -2.36. The van der Waals surface area contributed by atoms with Gasteiger partial charge in [-0.3, -0.25) is 0 Å². The minimum absolute atomic E-state index is 0.0674. The van der Waals surface area contributed by atoms with Crippen molar-refractivity contribution in [2.24, 2.45) is 0 Å². The molecule has 3 N–H and O–H groups in total. The molecule has 130 valence electrons. The Kier molecular flexibility index (Phi) is 4.59. The predicted octanol–water partition coefficient (Wildman–Crippen LogP) is 0.186. The lowest BCUT2D eigenvalue weighted by molar-refractivity contribution is -0.166. The summed E-state index contributed by atoms with van der Waals surface area (Å²) in [4.78, 5) is 0. The number of aliphatic hydroxyl groups excluding tert-OH is 3. The maximum atomic E-state index is 14.1. The van der Waals surface area contributed by atoms with Gasteiger partial charge in [-0.2, -0.15) is 0 Å². The van der Waals surface area contributed by atoms with Crippen molar-refractivity contribution in [2.45, 2.75) is 31.3 Å². The minimum atomic E-state index is -1.23. The summed E-state index contributed by atoms with van der Waals surface area (Å²) in [6.45, 7) is 0.919. The maximum Gasteiger partial charge on any atom is 0.168 e. The first kappa shape index (κ1) is 16.9. The molecule has 0 aliphatic carbocycles. The van der Waals surface area contributed by atoms with Gasteiger partial charge in [0.05, 0.1) is 19.4 Å². The summed E-state index contributed by atoms with van der Waals surface area (Å²) in [7, 11) is 0. The fourth-order valence-electron chi connectivity index (χ4n) is 2.75. The normalized spacial score (nSPS) is 27.4. The molecular formula is C15H17F2N3O4. The van der Waals surface area contributed by atoms with Crippen LogP contribution in [0.25, 0.3) is 11.3 Å². The highest BCUT2D eigenvalue weighted by Crippen LogP contribution is 2.29. The van der Waals surface area contributed by atoms with Gasteiger partial charge in [-0.15, -0.1) is 5.10 Å². The minimum Gasteiger partial charge on any atom is -0.394 e. The second kappa shape index (κ2) is 6.52. The molecule has 1 saturated heterocycles. The molecule has 0 bridgehead atoms. The fourth-order valence-corrected chi connectivity index (χ4v) is 2.75. The first-order valence-corrected chi connectivity index (χ1v) is 7.39. The molecule has 9 heteroatoms. The number of aliphatic hydroxyl groups is 3. The summed E-state index contributed by atoms with van der Waals surface area (Å²) in [6, 6.07) is 1.89. The van der Waals surface area contributed by atoms with E-state index in [9.17, 15) is 24.1 Å². The van der Waals surface area contributed by atoms with E-state index in [0.717, 1.165) is 0 Å². The van der Waals surface area contributed by atoms with Gasteiger partial charge in [-0.25, -0.2) is 13.5 Å². The van der Waals surface area contributed by atoms with Gasteiger partial charge in [0.25, 0.3) is 0 Å². The van der Waals surface area contributed by atoms with E-state index in [1.807, 2.05) is 0 Å². The Hall–Kier alpha value is -1.94. The van der Waals surface area contributed by atoms with Crippen molar-refractivity contribution < 1.29 is 28.8 Å². The molecular weight excluding hydrogens is 324 g/mol. The zero-order valence-electron chi connectivity index (χ0n) is 12.8. The third kappa shape index (κ3) is 2.80.